The summed E-state index contributed by atoms with van der Waals surface area (Å²) < 4.78 is 20.8. The molecule has 0 spiro atoms. The van der Waals surface area contributed by atoms with E-state index in [1.54, 1.807) is 62.4 Å². The first-order valence-electron chi connectivity index (χ1n) is 11.4. The van der Waals surface area contributed by atoms with Crippen molar-refractivity contribution in [3.63, 3.8) is 0 Å². The number of esters is 4. The zero-order valence-corrected chi connectivity index (χ0v) is 20.0. The molecule has 0 saturated heterocycles. The first-order chi connectivity index (χ1) is 17.4. The molecule has 0 amide bonds. The second-order valence-corrected chi connectivity index (χ2v) is 7.67. The van der Waals surface area contributed by atoms with E-state index in [-0.39, 0.29) is 49.1 Å². The highest BCUT2D eigenvalue weighted by molar-refractivity contribution is 5.93. The molecule has 186 valence electrons. The lowest BCUT2D eigenvalue weighted by molar-refractivity contribution is -0.134. The zero-order chi connectivity index (χ0) is 25.9. The lowest BCUT2D eigenvalue weighted by atomic mass is 10.1. The van der Waals surface area contributed by atoms with Gasteiger partial charge in [-0.3, -0.25) is 9.59 Å². The molecule has 0 unspecified atom stereocenters. The van der Waals surface area contributed by atoms with Crippen LogP contribution >= 0.6 is 0 Å². The number of hydrogen-bond acceptors (Lipinski definition) is 8. The Labute approximate surface area is 208 Å². The maximum absolute atomic E-state index is 12.3. The third kappa shape index (κ3) is 7.80. The van der Waals surface area contributed by atoms with Gasteiger partial charge in [-0.15, -0.1) is 0 Å². The monoisotopic (exact) mass is 490 g/mol. The predicted molar refractivity (Wildman–Crippen MR) is 129 cm³/mol. The molecular formula is C28H26O8. The van der Waals surface area contributed by atoms with Crippen molar-refractivity contribution in [2.75, 3.05) is 0 Å². The highest BCUT2D eigenvalue weighted by atomic mass is 16.5. The molecule has 0 aliphatic heterocycles. The standard InChI is InChI=1S/C28H26O8/c1-3-25(29)35-23-13-5-19(6-14-23)17-33-27(31)21-9-11-22(12-10-21)28(32)34-18-20-7-15-24(16-8-20)36-26(30)4-2/h5-16H,3-4,17-18H2,1-2H3. The summed E-state index contributed by atoms with van der Waals surface area (Å²) in [6.45, 7) is 3.51. The van der Waals surface area contributed by atoms with Crippen LogP contribution in [-0.4, -0.2) is 23.9 Å². The minimum absolute atomic E-state index is 0.0427. The maximum Gasteiger partial charge on any atom is 0.338 e. The Morgan fingerprint density at radius 3 is 1.17 bits per heavy atom. The zero-order valence-electron chi connectivity index (χ0n) is 20.0. The van der Waals surface area contributed by atoms with Gasteiger partial charge in [0.15, 0.2) is 0 Å². The van der Waals surface area contributed by atoms with Crippen molar-refractivity contribution in [2.24, 2.45) is 0 Å². The molecule has 0 fully saturated rings. The third-order valence-corrected chi connectivity index (χ3v) is 4.98. The summed E-state index contributed by atoms with van der Waals surface area (Å²) in [6.07, 6.45) is 0.561. The summed E-state index contributed by atoms with van der Waals surface area (Å²) in [5.41, 5.74) is 2.04. The highest BCUT2D eigenvalue weighted by Gasteiger charge is 2.12. The fraction of sp³-hybridized carbons (Fsp3) is 0.214. The molecule has 3 rings (SSSR count). The van der Waals surface area contributed by atoms with Crippen molar-refractivity contribution in [3.05, 3.63) is 95.1 Å². The van der Waals surface area contributed by atoms with Crippen molar-refractivity contribution in [2.45, 2.75) is 39.9 Å². The summed E-state index contributed by atoms with van der Waals surface area (Å²) in [6, 6.07) is 19.3. The number of carbonyl (C=O) groups is 4. The Kier molecular flexibility index (Phi) is 9.33. The van der Waals surface area contributed by atoms with E-state index in [0.29, 0.717) is 11.5 Å². The molecule has 0 aliphatic carbocycles. The molecule has 3 aromatic carbocycles. The Morgan fingerprint density at radius 2 is 0.861 bits per heavy atom. The van der Waals surface area contributed by atoms with Gasteiger partial charge in [0.1, 0.15) is 24.7 Å². The van der Waals surface area contributed by atoms with E-state index >= 15 is 0 Å². The lowest BCUT2D eigenvalue weighted by Gasteiger charge is -2.08. The van der Waals surface area contributed by atoms with Crippen molar-refractivity contribution in [1.29, 1.82) is 0 Å². The number of hydrogen-bond donors (Lipinski definition) is 0. The first-order valence-corrected chi connectivity index (χ1v) is 11.4. The number of rotatable bonds is 10. The molecule has 3 aromatic rings. The Balaban J connectivity index is 1.47. The molecule has 8 nitrogen and oxygen atoms in total. The van der Waals surface area contributed by atoms with Gasteiger partial charge in [0, 0.05) is 12.8 Å². The summed E-state index contributed by atoms with van der Waals surface area (Å²) >= 11 is 0. The van der Waals surface area contributed by atoms with Gasteiger partial charge in [0.2, 0.25) is 0 Å². The summed E-state index contributed by atoms with van der Waals surface area (Å²) in [7, 11) is 0. The molecule has 0 bridgehead atoms. The molecule has 0 aliphatic rings. The lowest BCUT2D eigenvalue weighted by Crippen LogP contribution is -2.08. The number of carbonyl (C=O) groups excluding carboxylic acids is 4. The summed E-state index contributed by atoms with van der Waals surface area (Å²) in [5.74, 6) is -0.887. The van der Waals surface area contributed by atoms with E-state index in [4.69, 9.17) is 18.9 Å². The van der Waals surface area contributed by atoms with Crippen LogP contribution in [0.25, 0.3) is 0 Å². The molecule has 36 heavy (non-hydrogen) atoms. The Hall–Kier alpha value is -4.46. The van der Waals surface area contributed by atoms with E-state index in [1.165, 1.54) is 24.3 Å². The van der Waals surface area contributed by atoms with E-state index in [0.717, 1.165) is 11.1 Å². The number of benzene rings is 3. The van der Waals surface area contributed by atoms with Crippen LogP contribution in [0.15, 0.2) is 72.8 Å². The molecule has 0 radical (unpaired) electrons. The van der Waals surface area contributed by atoms with E-state index < -0.39 is 11.9 Å². The van der Waals surface area contributed by atoms with Crippen molar-refractivity contribution < 1.29 is 38.1 Å². The molecule has 0 heterocycles. The van der Waals surface area contributed by atoms with Crippen LogP contribution in [-0.2, 0) is 32.3 Å². The van der Waals surface area contributed by atoms with Gasteiger partial charge in [-0.05, 0) is 59.7 Å². The largest absolute Gasteiger partial charge is 0.457 e. The van der Waals surface area contributed by atoms with Gasteiger partial charge < -0.3 is 18.9 Å². The van der Waals surface area contributed by atoms with Crippen LogP contribution < -0.4 is 9.47 Å². The molecule has 0 atom stereocenters. The Morgan fingerprint density at radius 1 is 0.528 bits per heavy atom. The van der Waals surface area contributed by atoms with Gasteiger partial charge in [0.05, 0.1) is 11.1 Å². The van der Waals surface area contributed by atoms with Gasteiger partial charge in [-0.2, -0.15) is 0 Å². The normalized spacial score (nSPS) is 10.3. The number of ether oxygens (including phenoxy) is 4. The van der Waals surface area contributed by atoms with Gasteiger partial charge >= 0.3 is 23.9 Å². The molecule has 0 saturated carbocycles. The third-order valence-electron chi connectivity index (χ3n) is 4.98. The van der Waals surface area contributed by atoms with Crippen LogP contribution in [0.3, 0.4) is 0 Å². The van der Waals surface area contributed by atoms with Gasteiger partial charge in [0.25, 0.3) is 0 Å². The first kappa shape index (κ1) is 26.2. The average molecular weight is 491 g/mol. The second-order valence-electron chi connectivity index (χ2n) is 7.67. The second kappa shape index (κ2) is 12.9. The van der Waals surface area contributed by atoms with Crippen LogP contribution in [0.4, 0.5) is 0 Å². The minimum atomic E-state index is -0.541. The molecule has 8 heteroatoms. The van der Waals surface area contributed by atoms with Crippen molar-refractivity contribution >= 4 is 23.9 Å². The maximum atomic E-state index is 12.3. The van der Waals surface area contributed by atoms with Crippen molar-refractivity contribution in [3.8, 4) is 11.5 Å². The van der Waals surface area contributed by atoms with E-state index in [1.807, 2.05) is 0 Å². The summed E-state index contributed by atoms with van der Waals surface area (Å²) in [5, 5.41) is 0. The molecular weight excluding hydrogens is 464 g/mol. The Bertz CT molecular complexity index is 1100. The quantitative estimate of drug-likeness (QED) is 0.288. The van der Waals surface area contributed by atoms with Gasteiger partial charge in [-0.1, -0.05) is 38.1 Å². The topological polar surface area (TPSA) is 105 Å². The fourth-order valence-electron chi connectivity index (χ4n) is 2.92. The highest BCUT2D eigenvalue weighted by Crippen LogP contribution is 2.16. The molecule has 0 N–H and O–H groups in total. The van der Waals surface area contributed by atoms with Gasteiger partial charge in [-0.25, -0.2) is 9.59 Å². The SMILES string of the molecule is CCC(=O)Oc1ccc(COC(=O)c2ccc(C(=O)OCc3ccc(OC(=O)CC)cc3)cc2)cc1. The van der Waals surface area contributed by atoms with Crippen LogP contribution in [0.5, 0.6) is 11.5 Å². The van der Waals surface area contributed by atoms with E-state index in [2.05, 4.69) is 0 Å². The minimum Gasteiger partial charge on any atom is -0.457 e. The van der Waals surface area contributed by atoms with Crippen molar-refractivity contribution in [1.82, 2.24) is 0 Å². The fourth-order valence-corrected chi connectivity index (χ4v) is 2.92. The smallest absolute Gasteiger partial charge is 0.338 e. The average Bonchev–Trinajstić information content (AvgIpc) is 2.91. The predicted octanol–water partition coefficient (Wildman–Crippen LogP) is 5.03. The summed E-state index contributed by atoms with van der Waals surface area (Å²) in [4.78, 5) is 47.3. The van der Waals surface area contributed by atoms with Crippen LogP contribution in [0.1, 0.15) is 58.5 Å². The van der Waals surface area contributed by atoms with E-state index in [9.17, 15) is 19.2 Å². The van der Waals surface area contributed by atoms with Crippen LogP contribution in [0, 0.1) is 0 Å². The molecule has 0 aromatic heterocycles. The van der Waals surface area contributed by atoms with Crippen LogP contribution in [0.2, 0.25) is 0 Å².